The summed E-state index contributed by atoms with van der Waals surface area (Å²) >= 11 is 0. The van der Waals surface area contributed by atoms with Crippen LogP contribution < -0.4 is 0 Å². The van der Waals surface area contributed by atoms with Crippen molar-refractivity contribution in [3.05, 3.63) is 60.4 Å². The van der Waals surface area contributed by atoms with E-state index in [1.807, 2.05) is 6.07 Å². The maximum Gasteiger partial charge on any atom is 0.181 e. The second-order valence-corrected chi connectivity index (χ2v) is 7.56. The van der Waals surface area contributed by atoms with Crippen LogP contribution in [0.4, 0.5) is 0 Å². The number of aromatic nitrogens is 3. The molecule has 1 aromatic heterocycles. The summed E-state index contributed by atoms with van der Waals surface area (Å²) in [6.45, 7) is 6.90. The van der Waals surface area contributed by atoms with E-state index in [0.717, 1.165) is 43.1 Å². The fourth-order valence-corrected chi connectivity index (χ4v) is 3.90. The number of piperidine rings is 1. The third-order valence-corrected chi connectivity index (χ3v) is 5.88. The normalized spacial score (nSPS) is 17.1. The summed E-state index contributed by atoms with van der Waals surface area (Å²) in [6.07, 6.45) is 3.54. The highest BCUT2D eigenvalue weighted by atomic mass is 15.2. The van der Waals surface area contributed by atoms with Gasteiger partial charge in [-0.05, 0) is 50.4 Å². The van der Waals surface area contributed by atoms with Gasteiger partial charge >= 0.3 is 0 Å². The first-order chi connectivity index (χ1) is 13.2. The highest BCUT2D eigenvalue weighted by Gasteiger charge is 2.25. The Morgan fingerprint density at radius 3 is 2.26 bits per heavy atom. The monoisotopic (exact) mass is 360 g/mol. The lowest BCUT2D eigenvalue weighted by Crippen LogP contribution is -2.39. The van der Waals surface area contributed by atoms with E-state index in [1.165, 1.54) is 17.5 Å². The summed E-state index contributed by atoms with van der Waals surface area (Å²) in [5.74, 6) is 2.34. The van der Waals surface area contributed by atoms with E-state index in [4.69, 9.17) is 4.98 Å². The summed E-state index contributed by atoms with van der Waals surface area (Å²) in [5.41, 5.74) is 3.51. The lowest BCUT2D eigenvalue weighted by molar-refractivity contribution is 0.156. The van der Waals surface area contributed by atoms with Crippen LogP contribution in [-0.4, -0.2) is 39.2 Å². The molecule has 3 aromatic rings. The standard InChI is InChI=1S/C23H28N4/c1-3-17(2)27-15-13-21(14-16-27)23-24-22(25-26-23)20-11-9-19(10-12-20)18-7-5-4-6-8-18/h4-12,17,21H,3,13-16H2,1-2H3,(H,24,25,26). The predicted molar refractivity (Wildman–Crippen MR) is 111 cm³/mol. The van der Waals surface area contributed by atoms with Gasteiger partial charge in [0.2, 0.25) is 0 Å². The summed E-state index contributed by atoms with van der Waals surface area (Å²) in [5, 5.41) is 7.68. The van der Waals surface area contributed by atoms with Crippen molar-refractivity contribution in [1.29, 1.82) is 0 Å². The molecule has 1 aliphatic rings. The molecule has 27 heavy (non-hydrogen) atoms. The Bertz CT molecular complexity index is 846. The van der Waals surface area contributed by atoms with Crippen molar-refractivity contribution in [2.45, 2.75) is 45.1 Å². The van der Waals surface area contributed by atoms with Crippen LogP contribution in [-0.2, 0) is 0 Å². The summed E-state index contributed by atoms with van der Waals surface area (Å²) in [4.78, 5) is 7.40. The topological polar surface area (TPSA) is 44.8 Å². The van der Waals surface area contributed by atoms with Crippen molar-refractivity contribution >= 4 is 0 Å². The molecule has 4 nitrogen and oxygen atoms in total. The smallest absolute Gasteiger partial charge is 0.181 e. The highest BCUT2D eigenvalue weighted by molar-refractivity contribution is 5.67. The van der Waals surface area contributed by atoms with Crippen LogP contribution in [0.15, 0.2) is 54.6 Å². The molecule has 1 N–H and O–H groups in total. The zero-order valence-corrected chi connectivity index (χ0v) is 16.2. The van der Waals surface area contributed by atoms with Gasteiger partial charge in [0, 0.05) is 17.5 Å². The van der Waals surface area contributed by atoms with Gasteiger partial charge < -0.3 is 4.90 Å². The van der Waals surface area contributed by atoms with E-state index in [-0.39, 0.29) is 0 Å². The van der Waals surface area contributed by atoms with Crippen LogP contribution in [0.1, 0.15) is 44.9 Å². The van der Waals surface area contributed by atoms with E-state index in [2.05, 4.69) is 77.5 Å². The van der Waals surface area contributed by atoms with Crippen LogP contribution in [0.3, 0.4) is 0 Å². The van der Waals surface area contributed by atoms with Gasteiger partial charge in [-0.25, -0.2) is 4.98 Å². The van der Waals surface area contributed by atoms with E-state index < -0.39 is 0 Å². The van der Waals surface area contributed by atoms with Crippen LogP contribution in [0.5, 0.6) is 0 Å². The van der Waals surface area contributed by atoms with Crippen LogP contribution in [0, 0.1) is 0 Å². The zero-order chi connectivity index (χ0) is 18.6. The fourth-order valence-electron chi connectivity index (χ4n) is 3.90. The van der Waals surface area contributed by atoms with Gasteiger partial charge in [-0.15, -0.1) is 0 Å². The van der Waals surface area contributed by atoms with Crippen molar-refractivity contribution in [1.82, 2.24) is 20.1 Å². The molecule has 0 saturated carbocycles. The van der Waals surface area contributed by atoms with Crippen LogP contribution in [0.25, 0.3) is 22.5 Å². The molecule has 1 fully saturated rings. The number of aromatic amines is 1. The number of H-pyrrole nitrogens is 1. The van der Waals surface area contributed by atoms with E-state index in [9.17, 15) is 0 Å². The first-order valence-corrected chi connectivity index (χ1v) is 10.1. The first kappa shape index (κ1) is 17.9. The van der Waals surface area contributed by atoms with Crippen LogP contribution >= 0.6 is 0 Å². The average molecular weight is 361 g/mol. The SMILES string of the molecule is CCC(C)N1CCC(c2nc(-c3ccc(-c4ccccc4)cc3)n[nH]2)CC1. The third kappa shape index (κ3) is 3.96. The molecular weight excluding hydrogens is 332 g/mol. The number of likely N-dealkylation sites (tertiary alicyclic amines) is 1. The molecule has 2 heterocycles. The minimum absolute atomic E-state index is 0.496. The number of hydrogen-bond donors (Lipinski definition) is 1. The zero-order valence-electron chi connectivity index (χ0n) is 16.2. The molecule has 1 atom stereocenters. The van der Waals surface area contributed by atoms with E-state index in [1.54, 1.807) is 0 Å². The predicted octanol–water partition coefficient (Wildman–Crippen LogP) is 5.12. The molecule has 0 spiro atoms. The van der Waals surface area contributed by atoms with Gasteiger partial charge in [0.25, 0.3) is 0 Å². The molecule has 0 amide bonds. The Labute approximate surface area is 161 Å². The Kier molecular flexibility index (Phi) is 5.35. The largest absolute Gasteiger partial charge is 0.301 e. The molecule has 0 bridgehead atoms. The minimum Gasteiger partial charge on any atom is -0.301 e. The number of benzene rings is 2. The van der Waals surface area contributed by atoms with E-state index >= 15 is 0 Å². The van der Waals surface area contributed by atoms with Crippen LogP contribution in [0.2, 0.25) is 0 Å². The Balaban J connectivity index is 1.44. The molecule has 1 aliphatic heterocycles. The summed E-state index contributed by atoms with van der Waals surface area (Å²) < 4.78 is 0. The van der Waals surface area contributed by atoms with Gasteiger partial charge in [0.15, 0.2) is 5.82 Å². The van der Waals surface area contributed by atoms with Crippen molar-refractivity contribution in [2.24, 2.45) is 0 Å². The second kappa shape index (κ2) is 8.05. The first-order valence-electron chi connectivity index (χ1n) is 10.1. The maximum atomic E-state index is 4.81. The van der Waals surface area contributed by atoms with Gasteiger partial charge in [0.05, 0.1) is 0 Å². The van der Waals surface area contributed by atoms with Gasteiger partial charge in [-0.2, -0.15) is 5.10 Å². The third-order valence-electron chi connectivity index (χ3n) is 5.88. The average Bonchev–Trinajstić information content (AvgIpc) is 3.24. The lowest BCUT2D eigenvalue weighted by atomic mass is 9.95. The Hall–Kier alpha value is -2.46. The Morgan fingerprint density at radius 2 is 1.59 bits per heavy atom. The second-order valence-electron chi connectivity index (χ2n) is 7.56. The highest BCUT2D eigenvalue weighted by Crippen LogP contribution is 2.29. The van der Waals surface area contributed by atoms with E-state index in [0.29, 0.717) is 12.0 Å². The number of rotatable bonds is 5. The minimum atomic E-state index is 0.496. The number of nitrogens with zero attached hydrogens (tertiary/aromatic N) is 3. The van der Waals surface area contributed by atoms with Crippen molar-refractivity contribution in [3.63, 3.8) is 0 Å². The maximum absolute atomic E-state index is 4.81. The molecule has 4 rings (SSSR count). The molecule has 1 unspecified atom stereocenters. The lowest BCUT2D eigenvalue weighted by Gasteiger charge is -2.34. The number of nitrogens with one attached hydrogen (secondary N) is 1. The van der Waals surface area contributed by atoms with Crippen molar-refractivity contribution in [3.8, 4) is 22.5 Å². The number of hydrogen-bond acceptors (Lipinski definition) is 3. The Morgan fingerprint density at radius 1 is 0.963 bits per heavy atom. The van der Waals surface area contributed by atoms with Gasteiger partial charge in [-0.3, -0.25) is 5.10 Å². The molecule has 4 heteroatoms. The molecule has 0 aliphatic carbocycles. The molecule has 140 valence electrons. The van der Waals surface area contributed by atoms with Gasteiger partial charge in [0.1, 0.15) is 5.82 Å². The van der Waals surface area contributed by atoms with Crippen molar-refractivity contribution in [2.75, 3.05) is 13.1 Å². The molecule has 1 saturated heterocycles. The molecule has 2 aromatic carbocycles. The summed E-state index contributed by atoms with van der Waals surface area (Å²) in [7, 11) is 0. The molecule has 0 radical (unpaired) electrons. The van der Waals surface area contributed by atoms with Gasteiger partial charge in [-0.1, -0.05) is 61.5 Å². The fraction of sp³-hybridized carbons (Fsp3) is 0.391. The quantitative estimate of drug-likeness (QED) is 0.687. The molecular formula is C23H28N4. The van der Waals surface area contributed by atoms with Crippen molar-refractivity contribution < 1.29 is 0 Å². The summed E-state index contributed by atoms with van der Waals surface area (Å²) in [6, 6.07) is 19.6.